The summed E-state index contributed by atoms with van der Waals surface area (Å²) < 4.78 is 11.0. The molecule has 1 fully saturated rings. The average Bonchev–Trinajstić information content (AvgIpc) is 2.78. The smallest absolute Gasteiger partial charge is 0.408 e. The zero-order chi connectivity index (χ0) is 24.1. The highest BCUT2D eigenvalue weighted by atomic mass is 16.6. The van der Waals surface area contributed by atoms with Crippen LogP contribution in [0.2, 0.25) is 0 Å². The Balaban J connectivity index is 1.50. The van der Waals surface area contributed by atoms with Crippen LogP contribution in [-0.4, -0.2) is 61.0 Å². The first kappa shape index (κ1) is 24.4. The lowest BCUT2D eigenvalue weighted by Crippen LogP contribution is -2.44. The van der Waals surface area contributed by atoms with Gasteiger partial charge in [-0.15, -0.1) is 0 Å². The SMILES string of the molecule is Cc1cc(Nc2cc3c(cn2)CCNC3)ccc1C(CN1CCOCC1)NC(=O)OC(C)(C)C. The minimum absolute atomic E-state index is 0.185. The number of hydrogen-bond donors (Lipinski definition) is 3. The third kappa shape index (κ3) is 6.68. The molecule has 1 amide bonds. The summed E-state index contributed by atoms with van der Waals surface area (Å²) in [5.41, 5.74) is 5.21. The van der Waals surface area contributed by atoms with Gasteiger partial charge in [0.15, 0.2) is 0 Å². The topological polar surface area (TPSA) is 87.8 Å². The zero-order valence-corrected chi connectivity index (χ0v) is 20.7. The lowest BCUT2D eigenvalue weighted by molar-refractivity contribution is 0.0288. The molecule has 2 aliphatic heterocycles. The summed E-state index contributed by atoms with van der Waals surface area (Å²) in [6.07, 6.45) is 2.59. The van der Waals surface area contributed by atoms with Crippen molar-refractivity contribution in [2.75, 3.05) is 44.7 Å². The van der Waals surface area contributed by atoms with Crippen LogP contribution in [0.5, 0.6) is 0 Å². The first-order chi connectivity index (χ1) is 16.3. The van der Waals surface area contributed by atoms with Crippen molar-refractivity contribution in [1.82, 2.24) is 20.5 Å². The number of ether oxygens (including phenoxy) is 2. The maximum atomic E-state index is 12.6. The van der Waals surface area contributed by atoms with Gasteiger partial charge in [-0.2, -0.15) is 0 Å². The van der Waals surface area contributed by atoms with Crippen LogP contribution in [0, 0.1) is 6.92 Å². The number of pyridine rings is 1. The highest BCUT2D eigenvalue weighted by molar-refractivity contribution is 5.69. The molecule has 4 rings (SSSR count). The molecule has 2 aromatic rings. The second kappa shape index (κ2) is 10.7. The molecule has 0 spiro atoms. The lowest BCUT2D eigenvalue weighted by atomic mass is 9.99. The summed E-state index contributed by atoms with van der Waals surface area (Å²) in [5.74, 6) is 0.839. The standard InChI is InChI=1S/C26H37N5O3/c1-18-13-21(29-24-14-20-15-27-8-7-19(20)16-28-24)5-6-22(18)23(17-31-9-11-33-12-10-31)30-25(32)34-26(2,3)4/h5-6,13-14,16,23,27H,7-12,15,17H2,1-4H3,(H,28,29)(H,30,32). The second-order valence-electron chi connectivity index (χ2n) is 10.1. The van der Waals surface area contributed by atoms with E-state index in [0.717, 1.165) is 55.2 Å². The van der Waals surface area contributed by atoms with Crippen LogP contribution in [0.4, 0.5) is 16.3 Å². The Kier molecular flexibility index (Phi) is 7.70. The fraction of sp³-hybridized carbons (Fsp3) is 0.538. The third-order valence-corrected chi connectivity index (χ3v) is 6.12. The van der Waals surface area contributed by atoms with Crippen molar-refractivity contribution < 1.29 is 14.3 Å². The Bertz CT molecular complexity index is 998. The Morgan fingerprint density at radius 3 is 2.76 bits per heavy atom. The van der Waals surface area contributed by atoms with Gasteiger partial charge in [0, 0.05) is 38.1 Å². The number of rotatable bonds is 6. The second-order valence-corrected chi connectivity index (χ2v) is 10.1. The van der Waals surface area contributed by atoms with E-state index < -0.39 is 11.7 Å². The molecule has 3 N–H and O–H groups in total. The van der Waals surface area contributed by atoms with E-state index in [-0.39, 0.29) is 6.04 Å². The molecular weight excluding hydrogens is 430 g/mol. The quantitative estimate of drug-likeness (QED) is 0.597. The molecule has 34 heavy (non-hydrogen) atoms. The Labute approximate surface area is 202 Å². The number of alkyl carbamates (subject to hydrolysis) is 1. The van der Waals surface area contributed by atoms with E-state index in [1.54, 1.807) is 0 Å². The fourth-order valence-corrected chi connectivity index (χ4v) is 4.44. The van der Waals surface area contributed by atoms with Crippen molar-refractivity contribution in [3.05, 3.63) is 52.7 Å². The molecule has 0 saturated carbocycles. The summed E-state index contributed by atoms with van der Waals surface area (Å²) in [6, 6.07) is 8.17. The molecule has 184 valence electrons. The maximum Gasteiger partial charge on any atom is 0.408 e. The molecule has 0 bridgehead atoms. The number of fused-ring (bicyclic) bond motifs is 1. The lowest BCUT2D eigenvalue weighted by Gasteiger charge is -2.32. The van der Waals surface area contributed by atoms with E-state index in [2.05, 4.69) is 51.0 Å². The third-order valence-electron chi connectivity index (χ3n) is 6.12. The van der Waals surface area contributed by atoms with Gasteiger partial charge in [-0.1, -0.05) is 6.07 Å². The summed E-state index contributed by atoms with van der Waals surface area (Å²) in [7, 11) is 0. The normalized spacial score (nSPS) is 17.5. The van der Waals surface area contributed by atoms with E-state index >= 15 is 0 Å². The van der Waals surface area contributed by atoms with Gasteiger partial charge in [0.2, 0.25) is 0 Å². The number of morpholine rings is 1. The Hall–Kier alpha value is -2.68. The predicted molar refractivity (Wildman–Crippen MR) is 133 cm³/mol. The summed E-state index contributed by atoms with van der Waals surface area (Å²) in [4.78, 5) is 19.5. The minimum Gasteiger partial charge on any atom is -0.444 e. The van der Waals surface area contributed by atoms with Crippen molar-refractivity contribution in [3.8, 4) is 0 Å². The molecule has 8 heteroatoms. The molecule has 2 aliphatic rings. The van der Waals surface area contributed by atoms with Crippen molar-refractivity contribution in [1.29, 1.82) is 0 Å². The molecule has 1 aromatic carbocycles. The van der Waals surface area contributed by atoms with Crippen molar-refractivity contribution >= 4 is 17.6 Å². The predicted octanol–water partition coefficient (Wildman–Crippen LogP) is 3.68. The number of nitrogens with one attached hydrogen (secondary N) is 3. The first-order valence-electron chi connectivity index (χ1n) is 12.1. The number of aromatic nitrogens is 1. The van der Waals surface area contributed by atoms with E-state index in [1.165, 1.54) is 11.1 Å². The average molecular weight is 468 g/mol. The monoisotopic (exact) mass is 467 g/mol. The Morgan fingerprint density at radius 2 is 2.03 bits per heavy atom. The number of nitrogens with zero attached hydrogens (tertiary/aromatic N) is 2. The van der Waals surface area contributed by atoms with Crippen LogP contribution in [0.15, 0.2) is 30.5 Å². The minimum atomic E-state index is -0.548. The summed E-state index contributed by atoms with van der Waals surface area (Å²) in [6.45, 7) is 13.4. The van der Waals surface area contributed by atoms with Crippen LogP contribution in [0.3, 0.4) is 0 Å². The largest absolute Gasteiger partial charge is 0.444 e. The summed E-state index contributed by atoms with van der Waals surface area (Å²) >= 11 is 0. The van der Waals surface area contributed by atoms with E-state index in [4.69, 9.17) is 9.47 Å². The molecule has 3 heterocycles. The van der Waals surface area contributed by atoms with Gasteiger partial charge < -0.3 is 25.4 Å². The van der Waals surface area contributed by atoms with E-state index in [1.807, 2.05) is 33.0 Å². The number of carbonyl (C=O) groups is 1. The van der Waals surface area contributed by atoms with E-state index in [9.17, 15) is 4.79 Å². The zero-order valence-electron chi connectivity index (χ0n) is 20.7. The maximum absolute atomic E-state index is 12.6. The molecule has 1 aromatic heterocycles. The molecular formula is C26H37N5O3. The first-order valence-corrected chi connectivity index (χ1v) is 12.1. The van der Waals surface area contributed by atoms with Gasteiger partial charge in [-0.05, 0) is 81.1 Å². The number of carbonyl (C=O) groups excluding carboxylic acids is 1. The van der Waals surface area contributed by atoms with Gasteiger partial charge in [-0.25, -0.2) is 9.78 Å². The van der Waals surface area contributed by atoms with Crippen LogP contribution >= 0.6 is 0 Å². The van der Waals surface area contributed by atoms with Crippen LogP contribution < -0.4 is 16.0 Å². The van der Waals surface area contributed by atoms with Crippen LogP contribution in [0.25, 0.3) is 0 Å². The van der Waals surface area contributed by atoms with E-state index in [0.29, 0.717) is 19.8 Å². The molecule has 1 atom stereocenters. The number of benzene rings is 1. The summed E-state index contributed by atoms with van der Waals surface area (Å²) in [5, 5.41) is 9.95. The van der Waals surface area contributed by atoms with Crippen molar-refractivity contribution in [2.45, 2.75) is 52.3 Å². The Morgan fingerprint density at radius 1 is 1.24 bits per heavy atom. The molecule has 8 nitrogen and oxygen atoms in total. The van der Waals surface area contributed by atoms with Gasteiger partial charge in [0.1, 0.15) is 11.4 Å². The van der Waals surface area contributed by atoms with Crippen molar-refractivity contribution in [3.63, 3.8) is 0 Å². The number of hydrogen-bond acceptors (Lipinski definition) is 7. The van der Waals surface area contributed by atoms with Gasteiger partial charge >= 0.3 is 6.09 Å². The number of amides is 1. The van der Waals surface area contributed by atoms with Gasteiger partial charge in [0.25, 0.3) is 0 Å². The highest BCUT2D eigenvalue weighted by Gasteiger charge is 2.24. The van der Waals surface area contributed by atoms with Gasteiger partial charge in [0.05, 0.1) is 19.3 Å². The molecule has 1 saturated heterocycles. The number of anilines is 2. The molecule has 0 aliphatic carbocycles. The van der Waals surface area contributed by atoms with Crippen molar-refractivity contribution in [2.24, 2.45) is 0 Å². The van der Waals surface area contributed by atoms with Crippen LogP contribution in [-0.2, 0) is 22.4 Å². The molecule has 1 unspecified atom stereocenters. The highest BCUT2D eigenvalue weighted by Crippen LogP contribution is 2.26. The van der Waals surface area contributed by atoms with Crippen LogP contribution in [0.1, 0.15) is 49.1 Å². The number of aryl methyl sites for hydroxylation is 1. The fourth-order valence-electron chi connectivity index (χ4n) is 4.44. The molecule has 0 radical (unpaired) electrons. The van der Waals surface area contributed by atoms with Gasteiger partial charge in [-0.3, -0.25) is 4.90 Å².